The largest absolute Gasteiger partial charge is 0.328 e. The van der Waals surface area contributed by atoms with Gasteiger partial charge in [-0.25, -0.2) is 4.39 Å². The zero-order chi connectivity index (χ0) is 17.1. The van der Waals surface area contributed by atoms with E-state index in [0.29, 0.717) is 21.5 Å². The molecule has 0 bridgehead atoms. The summed E-state index contributed by atoms with van der Waals surface area (Å²) < 4.78 is 19.4. The second-order valence-corrected chi connectivity index (χ2v) is 7.02. The number of fused-ring (bicyclic) bond motifs is 2. The van der Waals surface area contributed by atoms with E-state index in [-0.39, 0.29) is 29.2 Å². The first-order valence-corrected chi connectivity index (χ1v) is 8.76. The summed E-state index contributed by atoms with van der Waals surface area (Å²) in [6.07, 6.45) is 5.18. The molecule has 0 spiro atoms. The fourth-order valence-electron chi connectivity index (χ4n) is 3.30. The van der Waals surface area contributed by atoms with Crippen molar-refractivity contribution in [1.29, 1.82) is 0 Å². The molecule has 1 aromatic carbocycles. The molecule has 8 heteroatoms. The van der Waals surface area contributed by atoms with E-state index in [0.717, 1.165) is 12.8 Å². The SMILES string of the molecule is Cl.O=c1[nH]sc2c1c(=O)c1cc(F)c(-c3ccncc3)cc1n2C1CC1. The molecule has 4 aromatic rings. The fraction of sp³-hybridized carbons (Fsp3) is 0.167. The van der Waals surface area contributed by atoms with Gasteiger partial charge < -0.3 is 4.57 Å². The van der Waals surface area contributed by atoms with Gasteiger partial charge in [-0.1, -0.05) is 0 Å². The maximum atomic E-state index is 14.7. The van der Waals surface area contributed by atoms with Crippen LogP contribution in [0.15, 0.2) is 46.2 Å². The summed E-state index contributed by atoms with van der Waals surface area (Å²) in [7, 11) is 0. The quantitative estimate of drug-likeness (QED) is 0.566. The van der Waals surface area contributed by atoms with Gasteiger partial charge in [0.05, 0.1) is 5.52 Å². The predicted octanol–water partition coefficient (Wildman–Crippen LogP) is 3.86. The van der Waals surface area contributed by atoms with Gasteiger partial charge in [0.25, 0.3) is 5.56 Å². The fourth-order valence-corrected chi connectivity index (χ4v) is 4.22. The van der Waals surface area contributed by atoms with Crippen LogP contribution in [0.1, 0.15) is 18.9 Å². The van der Waals surface area contributed by atoms with Crippen LogP contribution in [0.4, 0.5) is 4.39 Å². The molecule has 0 unspecified atom stereocenters. The van der Waals surface area contributed by atoms with Crippen LogP contribution in [-0.2, 0) is 0 Å². The Balaban J connectivity index is 0.00000168. The van der Waals surface area contributed by atoms with Gasteiger partial charge in [-0.05, 0) is 54.2 Å². The van der Waals surface area contributed by atoms with Crippen LogP contribution in [-0.4, -0.2) is 13.9 Å². The summed E-state index contributed by atoms with van der Waals surface area (Å²) in [5, 5.41) is 0.374. The Kier molecular flexibility index (Phi) is 3.93. The number of aromatic amines is 1. The number of nitrogens with zero attached hydrogens (tertiary/aromatic N) is 2. The molecule has 0 atom stereocenters. The Morgan fingerprint density at radius 2 is 1.92 bits per heavy atom. The summed E-state index contributed by atoms with van der Waals surface area (Å²) >= 11 is 1.17. The van der Waals surface area contributed by atoms with Crippen molar-refractivity contribution in [3.8, 4) is 11.1 Å². The van der Waals surface area contributed by atoms with Gasteiger partial charge in [0.15, 0.2) is 0 Å². The molecular formula is C18H13ClFN3O2S. The predicted molar refractivity (Wildman–Crippen MR) is 103 cm³/mol. The van der Waals surface area contributed by atoms with Crippen LogP contribution in [0.3, 0.4) is 0 Å². The average molecular weight is 390 g/mol. The Bertz CT molecular complexity index is 1260. The number of pyridine rings is 2. The molecular weight excluding hydrogens is 377 g/mol. The third kappa shape index (κ3) is 2.39. The van der Waals surface area contributed by atoms with E-state index < -0.39 is 16.8 Å². The lowest BCUT2D eigenvalue weighted by molar-refractivity contribution is 0.632. The highest BCUT2D eigenvalue weighted by Crippen LogP contribution is 2.40. The second-order valence-electron chi connectivity index (χ2n) is 6.23. The van der Waals surface area contributed by atoms with Crippen LogP contribution >= 0.6 is 23.9 Å². The highest BCUT2D eigenvalue weighted by atomic mass is 35.5. The normalized spacial score (nSPS) is 13.9. The number of aromatic nitrogens is 3. The molecule has 26 heavy (non-hydrogen) atoms. The Morgan fingerprint density at radius 1 is 1.19 bits per heavy atom. The molecule has 1 fully saturated rings. The van der Waals surface area contributed by atoms with Gasteiger partial charge in [0.2, 0.25) is 5.43 Å². The maximum absolute atomic E-state index is 14.7. The number of hydrogen-bond acceptors (Lipinski definition) is 4. The van der Waals surface area contributed by atoms with E-state index in [1.807, 2.05) is 4.57 Å². The monoisotopic (exact) mass is 389 g/mol. The highest BCUT2D eigenvalue weighted by Gasteiger charge is 2.29. The van der Waals surface area contributed by atoms with Crippen molar-refractivity contribution in [2.45, 2.75) is 18.9 Å². The maximum Gasteiger partial charge on any atom is 0.271 e. The molecule has 1 saturated carbocycles. The minimum atomic E-state index is -0.482. The molecule has 1 N–H and O–H groups in total. The zero-order valence-electron chi connectivity index (χ0n) is 13.4. The minimum Gasteiger partial charge on any atom is -0.328 e. The molecule has 3 aromatic heterocycles. The lowest BCUT2D eigenvalue weighted by Crippen LogP contribution is -2.15. The third-order valence-electron chi connectivity index (χ3n) is 4.62. The summed E-state index contributed by atoms with van der Waals surface area (Å²) in [6, 6.07) is 6.67. The zero-order valence-corrected chi connectivity index (χ0v) is 15.0. The number of hydrogen-bond donors (Lipinski definition) is 1. The van der Waals surface area contributed by atoms with Crippen LogP contribution in [0.25, 0.3) is 32.2 Å². The highest BCUT2D eigenvalue weighted by molar-refractivity contribution is 7.12. The van der Waals surface area contributed by atoms with Gasteiger partial charge >= 0.3 is 0 Å². The van der Waals surface area contributed by atoms with Gasteiger partial charge in [0.1, 0.15) is 16.0 Å². The molecule has 0 aliphatic heterocycles. The van der Waals surface area contributed by atoms with Crippen LogP contribution in [0.2, 0.25) is 0 Å². The minimum absolute atomic E-state index is 0. The van der Waals surface area contributed by atoms with Gasteiger partial charge in [-0.15, -0.1) is 12.4 Å². The van der Waals surface area contributed by atoms with Crippen molar-refractivity contribution in [2.24, 2.45) is 0 Å². The number of rotatable bonds is 2. The van der Waals surface area contributed by atoms with Crippen molar-refractivity contribution in [1.82, 2.24) is 13.9 Å². The summed E-state index contributed by atoms with van der Waals surface area (Å²) in [4.78, 5) is 29.4. The molecule has 5 nitrogen and oxygen atoms in total. The second kappa shape index (κ2) is 6.03. The molecule has 0 amide bonds. The number of nitrogens with one attached hydrogen (secondary N) is 1. The van der Waals surface area contributed by atoms with Gasteiger partial charge in [-0.2, -0.15) is 0 Å². The number of benzene rings is 1. The topological polar surface area (TPSA) is 67.8 Å². The van der Waals surface area contributed by atoms with E-state index in [1.54, 1.807) is 30.6 Å². The smallest absolute Gasteiger partial charge is 0.271 e. The Morgan fingerprint density at radius 3 is 2.62 bits per heavy atom. The molecule has 5 rings (SSSR count). The van der Waals surface area contributed by atoms with E-state index in [1.165, 1.54) is 17.6 Å². The van der Waals surface area contributed by atoms with Crippen molar-refractivity contribution in [3.05, 3.63) is 63.1 Å². The van der Waals surface area contributed by atoms with Crippen molar-refractivity contribution in [2.75, 3.05) is 0 Å². The summed E-state index contributed by atoms with van der Waals surface area (Å²) in [6.45, 7) is 0. The molecule has 0 radical (unpaired) electrons. The van der Waals surface area contributed by atoms with Crippen LogP contribution < -0.4 is 11.0 Å². The number of halogens is 2. The molecule has 1 aliphatic carbocycles. The molecule has 1 aliphatic rings. The van der Waals surface area contributed by atoms with Crippen molar-refractivity contribution >= 4 is 45.1 Å². The summed E-state index contributed by atoms with van der Waals surface area (Å²) in [5.41, 5.74) is 0.977. The Hall–Kier alpha value is -2.51. The van der Waals surface area contributed by atoms with Crippen LogP contribution in [0, 0.1) is 5.82 Å². The summed E-state index contributed by atoms with van der Waals surface area (Å²) in [5.74, 6) is -0.482. The van der Waals surface area contributed by atoms with Crippen molar-refractivity contribution in [3.63, 3.8) is 0 Å². The van der Waals surface area contributed by atoms with Gasteiger partial charge in [-0.3, -0.25) is 18.9 Å². The van der Waals surface area contributed by atoms with E-state index >= 15 is 0 Å². The lowest BCUT2D eigenvalue weighted by atomic mass is 10.0. The molecule has 3 heterocycles. The van der Waals surface area contributed by atoms with Crippen molar-refractivity contribution < 1.29 is 4.39 Å². The van der Waals surface area contributed by atoms with Crippen LogP contribution in [0.5, 0.6) is 0 Å². The van der Waals surface area contributed by atoms with E-state index in [9.17, 15) is 14.0 Å². The standard InChI is InChI=1S/C18H12FN3O2S.ClH/c19-13-7-12-14(8-11(13)9-3-5-20-6-4-9)22(10-1-2-10)18-15(16(12)23)17(24)21-25-18;/h3-8,10H,1-2H2,(H,21,24);1H. The first-order valence-electron chi connectivity index (χ1n) is 7.94. The first-order chi connectivity index (χ1) is 12.1. The average Bonchev–Trinajstić information content (AvgIpc) is 3.38. The Labute approximate surface area is 156 Å². The lowest BCUT2D eigenvalue weighted by Gasteiger charge is -2.13. The van der Waals surface area contributed by atoms with E-state index in [4.69, 9.17) is 0 Å². The first kappa shape index (κ1) is 16.9. The molecule has 132 valence electrons. The van der Waals surface area contributed by atoms with Gasteiger partial charge in [0, 0.05) is 29.4 Å². The third-order valence-corrected chi connectivity index (χ3v) is 5.50. The van der Waals surface area contributed by atoms with E-state index in [2.05, 4.69) is 9.36 Å². The number of H-pyrrole nitrogens is 1. The molecule has 0 saturated heterocycles.